The van der Waals surface area contributed by atoms with Crippen molar-refractivity contribution in [1.29, 1.82) is 0 Å². The summed E-state index contributed by atoms with van der Waals surface area (Å²) >= 11 is 2.57. The quantitative estimate of drug-likeness (QED) is 0.0660. The van der Waals surface area contributed by atoms with Crippen LogP contribution in [0.25, 0.3) is 17.0 Å². The Morgan fingerprint density at radius 1 is 1.00 bits per heavy atom. The van der Waals surface area contributed by atoms with Gasteiger partial charge in [-0.1, -0.05) is 42.5 Å². The molecule has 4 amide bonds. The summed E-state index contributed by atoms with van der Waals surface area (Å²) in [6.45, 7) is 6.03. The number of para-hydroxylation sites is 1. The summed E-state index contributed by atoms with van der Waals surface area (Å²) in [7, 11) is 0. The van der Waals surface area contributed by atoms with Gasteiger partial charge in [0, 0.05) is 57.2 Å². The number of nitrogens with zero attached hydrogens (tertiary/aromatic N) is 1. The highest BCUT2D eigenvalue weighted by Crippen LogP contribution is 2.38. The van der Waals surface area contributed by atoms with Gasteiger partial charge in [0.1, 0.15) is 10.7 Å². The second-order valence-corrected chi connectivity index (χ2v) is 14.5. The zero-order chi connectivity index (χ0) is 36.8. The molecule has 1 unspecified atom stereocenters. The molecule has 0 radical (unpaired) electrons. The lowest BCUT2D eigenvalue weighted by Crippen LogP contribution is -2.34. The summed E-state index contributed by atoms with van der Waals surface area (Å²) in [4.78, 5) is 71.8. The van der Waals surface area contributed by atoms with E-state index in [4.69, 9.17) is 4.74 Å². The predicted octanol–water partition coefficient (Wildman–Crippen LogP) is 6.84. The van der Waals surface area contributed by atoms with Crippen LogP contribution < -0.4 is 16.0 Å². The van der Waals surface area contributed by atoms with Crippen molar-refractivity contribution in [1.82, 2.24) is 15.2 Å². The molecule has 2 aromatic heterocycles. The van der Waals surface area contributed by atoms with Crippen LogP contribution >= 0.6 is 23.1 Å². The molecule has 5 aromatic rings. The van der Waals surface area contributed by atoms with E-state index >= 15 is 0 Å². The number of thioether (sulfide) groups is 1. The average Bonchev–Trinajstić information content (AvgIpc) is 3.72. The Kier molecular flexibility index (Phi) is 11.2. The molecule has 1 aliphatic rings. The number of nitrogens with one attached hydrogen (secondary N) is 4. The van der Waals surface area contributed by atoms with Crippen molar-refractivity contribution in [3.63, 3.8) is 0 Å². The van der Waals surface area contributed by atoms with Gasteiger partial charge in [-0.25, -0.2) is 4.79 Å². The minimum absolute atomic E-state index is 0.0480. The van der Waals surface area contributed by atoms with Gasteiger partial charge in [-0.2, -0.15) is 0 Å². The molecule has 266 valence electrons. The Morgan fingerprint density at radius 3 is 2.54 bits per heavy atom. The van der Waals surface area contributed by atoms with Crippen molar-refractivity contribution in [2.24, 2.45) is 0 Å². The molecule has 0 aliphatic carbocycles. The van der Waals surface area contributed by atoms with E-state index < -0.39 is 23.0 Å². The van der Waals surface area contributed by atoms with E-state index in [0.717, 1.165) is 26.9 Å². The predicted molar refractivity (Wildman–Crippen MR) is 204 cm³/mol. The third kappa shape index (κ3) is 8.27. The number of rotatable bonds is 11. The fourth-order valence-electron chi connectivity index (χ4n) is 5.81. The summed E-state index contributed by atoms with van der Waals surface area (Å²) in [6.07, 6.45) is 3.90. The number of ether oxygens (including phenoxy) is 1. The number of aromatic nitrogens is 1. The number of carbonyl (C=O) groups is 5. The zero-order valence-corrected chi connectivity index (χ0v) is 30.4. The molecule has 3 aromatic carbocycles. The fourth-order valence-corrected chi connectivity index (χ4v) is 7.99. The first-order valence-corrected chi connectivity index (χ1v) is 18.4. The fraction of sp³-hybridized carbons (Fsp3) is 0.205. The normalized spacial score (nSPS) is 13.2. The number of H-pyrrole nitrogens is 1. The van der Waals surface area contributed by atoms with Crippen LogP contribution in [-0.4, -0.2) is 57.9 Å². The Balaban J connectivity index is 1.18. The van der Waals surface area contributed by atoms with Gasteiger partial charge in [0.2, 0.25) is 11.8 Å². The van der Waals surface area contributed by atoms with Crippen LogP contribution in [0, 0.1) is 0 Å². The van der Waals surface area contributed by atoms with E-state index in [1.165, 1.54) is 30.0 Å². The number of aromatic amines is 1. The third-order valence-electron chi connectivity index (χ3n) is 8.44. The zero-order valence-electron chi connectivity index (χ0n) is 28.8. The molecule has 1 aliphatic heterocycles. The van der Waals surface area contributed by atoms with Crippen molar-refractivity contribution in [3.8, 4) is 0 Å². The number of anilines is 2. The van der Waals surface area contributed by atoms with E-state index in [2.05, 4.69) is 20.9 Å². The van der Waals surface area contributed by atoms with E-state index in [1.807, 2.05) is 30.3 Å². The first-order chi connectivity index (χ1) is 25.1. The number of fused-ring (bicyclic) bond motifs is 2. The highest BCUT2D eigenvalue weighted by molar-refractivity contribution is 8.00. The SMILES string of the molecule is CCOC(=O)c1c(NC(=O)C(C)Sc2cccc(NC(=O)/C(=C/c3c[nH]c4ccccc34)NC(=O)c3ccccc3)c2)sc2c1CCN(C(C)=O)C2. The van der Waals surface area contributed by atoms with E-state index in [-0.39, 0.29) is 24.1 Å². The summed E-state index contributed by atoms with van der Waals surface area (Å²) in [5, 5.41) is 9.30. The lowest BCUT2D eigenvalue weighted by Gasteiger charge is -2.25. The van der Waals surface area contributed by atoms with Gasteiger partial charge in [-0.3, -0.25) is 19.2 Å². The van der Waals surface area contributed by atoms with Crippen LogP contribution in [0.15, 0.2) is 95.7 Å². The number of thiophene rings is 1. The molecule has 3 heterocycles. The molecule has 0 spiro atoms. The average molecular weight is 736 g/mol. The maximum Gasteiger partial charge on any atom is 0.341 e. The molecule has 52 heavy (non-hydrogen) atoms. The second-order valence-electron chi connectivity index (χ2n) is 12.0. The Labute approximate surface area is 308 Å². The van der Waals surface area contributed by atoms with Gasteiger partial charge >= 0.3 is 5.97 Å². The lowest BCUT2D eigenvalue weighted by atomic mass is 10.0. The van der Waals surface area contributed by atoms with Crippen molar-refractivity contribution in [2.75, 3.05) is 23.8 Å². The standard InChI is InChI=1S/C39H37N5O6S2/c1-4-50-39(49)34-30-17-18-44(24(3)45)22-33(30)52-38(34)43-35(46)23(2)51-28-14-10-13-27(20-28)41-37(48)32(42-36(47)25-11-6-5-7-12-25)19-26-21-40-31-16-9-8-15-29(26)31/h5-16,19-21,23,40H,4,17-18,22H2,1-3H3,(H,41,48)(H,42,47)(H,43,46)/b32-19-. The summed E-state index contributed by atoms with van der Waals surface area (Å²) < 4.78 is 5.33. The smallest absolute Gasteiger partial charge is 0.341 e. The maximum absolute atomic E-state index is 13.7. The highest BCUT2D eigenvalue weighted by Gasteiger charge is 2.31. The molecule has 0 bridgehead atoms. The first kappa shape index (κ1) is 36.1. The van der Waals surface area contributed by atoms with Crippen LogP contribution in [0.1, 0.15) is 57.5 Å². The molecule has 11 nitrogen and oxygen atoms in total. The second kappa shape index (κ2) is 16.1. The topological polar surface area (TPSA) is 150 Å². The number of benzene rings is 3. The number of hydrogen-bond donors (Lipinski definition) is 4. The van der Waals surface area contributed by atoms with E-state index in [1.54, 1.807) is 79.6 Å². The molecule has 4 N–H and O–H groups in total. The number of carbonyl (C=O) groups excluding carboxylic acids is 5. The lowest BCUT2D eigenvalue weighted by molar-refractivity contribution is -0.129. The van der Waals surface area contributed by atoms with Crippen molar-refractivity contribution < 1.29 is 28.7 Å². The molecule has 0 saturated heterocycles. The van der Waals surface area contributed by atoms with Crippen LogP contribution in [-0.2, 0) is 32.1 Å². The Hall–Kier alpha value is -5.66. The number of esters is 1. The number of amides is 4. The van der Waals surface area contributed by atoms with Crippen molar-refractivity contribution in [3.05, 3.63) is 118 Å². The molecule has 0 saturated carbocycles. The molecule has 0 fully saturated rings. The summed E-state index contributed by atoms with van der Waals surface area (Å²) in [6, 6.07) is 23.4. The van der Waals surface area contributed by atoms with Crippen molar-refractivity contribution >= 4 is 80.4 Å². The van der Waals surface area contributed by atoms with E-state index in [0.29, 0.717) is 46.2 Å². The molecule has 1 atom stereocenters. The van der Waals surface area contributed by atoms with Crippen LogP contribution in [0.4, 0.5) is 10.7 Å². The molecular formula is C39H37N5O6S2. The Bertz CT molecular complexity index is 2190. The molecule has 13 heteroatoms. The van der Waals surface area contributed by atoms with Gasteiger partial charge in [-0.15, -0.1) is 23.1 Å². The minimum Gasteiger partial charge on any atom is -0.462 e. The largest absolute Gasteiger partial charge is 0.462 e. The van der Waals surface area contributed by atoms with Crippen LogP contribution in [0.2, 0.25) is 0 Å². The number of hydrogen-bond acceptors (Lipinski definition) is 8. The van der Waals surface area contributed by atoms with Crippen LogP contribution in [0.3, 0.4) is 0 Å². The maximum atomic E-state index is 13.7. The highest BCUT2D eigenvalue weighted by atomic mass is 32.2. The van der Waals surface area contributed by atoms with Crippen molar-refractivity contribution in [2.45, 2.75) is 43.9 Å². The molecule has 6 rings (SSSR count). The third-order valence-corrected chi connectivity index (χ3v) is 10.7. The van der Waals surface area contributed by atoms with Gasteiger partial charge < -0.3 is 30.6 Å². The van der Waals surface area contributed by atoms with Gasteiger partial charge in [-0.05, 0) is 68.3 Å². The summed E-state index contributed by atoms with van der Waals surface area (Å²) in [5.74, 6) is -1.84. The summed E-state index contributed by atoms with van der Waals surface area (Å²) in [5.41, 5.74) is 3.68. The minimum atomic E-state index is -0.587. The first-order valence-electron chi connectivity index (χ1n) is 16.7. The van der Waals surface area contributed by atoms with E-state index in [9.17, 15) is 24.0 Å². The van der Waals surface area contributed by atoms with Crippen LogP contribution in [0.5, 0.6) is 0 Å². The monoisotopic (exact) mass is 735 g/mol. The van der Waals surface area contributed by atoms with Gasteiger partial charge in [0.05, 0.1) is 24.0 Å². The van der Waals surface area contributed by atoms with Gasteiger partial charge in [0.15, 0.2) is 0 Å². The molecular weight excluding hydrogens is 699 g/mol. The van der Waals surface area contributed by atoms with Gasteiger partial charge in [0.25, 0.3) is 11.8 Å². The Morgan fingerprint density at radius 2 is 1.77 bits per heavy atom.